The van der Waals surface area contributed by atoms with Gasteiger partial charge < -0.3 is 25.2 Å². The minimum atomic E-state index is -0.688. The second kappa shape index (κ2) is 18.5. The lowest BCUT2D eigenvalue weighted by molar-refractivity contribution is -0.145. The molecule has 3 atom stereocenters. The van der Waals surface area contributed by atoms with Gasteiger partial charge >= 0.3 is 5.97 Å². The molecule has 0 unspecified atom stereocenters. The van der Waals surface area contributed by atoms with E-state index in [0.717, 1.165) is 11.1 Å². The molecule has 2 aromatic carbocycles. The van der Waals surface area contributed by atoms with E-state index in [1.54, 1.807) is 12.2 Å². The van der Waals surface area contributed by atoms with Crippen molar-refractivity contribution in [2.45, 2.75) is 50.8 Å². The van der Waals surface area contributed by atoms with Gasteiger partial charge in [-0.05, 0) is 30.4 Å². The van der Waals surface area contributed by atoms with Gasteiger partial charge in [-0.15, -0.1) is 13.2 Å². The molecule has 3 N–H and O–H groups in total. The third-order valence-corrected chi connectivity index (χ3v) is 5.94. The quantitative estimate of drug-likeness (QED) is 0.187. The van der Waals surface area contributed by atoms with Crippen molar-refractivity contribution in [3.8, 4) is 0 Å². The number of aliphatic hydroxyl groups excluding tert-OH is 1. The summed E-state index contributed by atoms with van der Waals surface area (Å²) in [7, 11) is 0. The monoisotopic (exact) mass is 536 g/mol. The van der Waals surface area contributed by atoms with Crippen LogP contribution in [-0.2, 0) is 36.9 Å². The Balaban J connectivity index is 1.97. The van der Waals surface area contributed by atoms with Gasteiger partial charge in [0.2, 0.25) is 11.8 Å². The van der Waals surface area contributed by atoms with Crippen LogP contribution in [0.2, 0.25) is 0 Å². The molecule has 0 fully saturated rings. The number of nitrogens with one attached hydrogen (secondary N) is 2. The molecule has 39 heavy (non-hydrogen) atoms. The van der Waals surface area contributed by atoms with E-state index in [0.29, 0.717) is 19.4 Å². The first-order valence-corrected chi connectivity index (χ1v) is 13.2. The lowest BCUT2D eigenvalue weighted by Crippen LogP contribution is -2.46. The van der Waals surface area contributed by atoms with Crippen LogP contribution in [0.5, 0.6) is 0 Å². The molecule has 0 spiro atoms. The van der Waals surface area contributed by atoms with E-state index in [4.69, 9.17) is 9.47 Å². The fourth-order valence-corrected chi connectivity index (χ4v) is 3.88. The Labute approximate surface area is 231 Å². The second-order valence-corrected chi connectivity index (χ2v) is 9.28. The van der Waals surface area contributed by atoms with Gasteiger partial charge in [0.15, 0.2) is 0 Å². The molecule has 0 heterocycles. The van der Waals surface area contributed by atoms with Gasteiger partial charge in [-0.2, -0.15) is 0 Å². The number of esters is 1. The Morgan fingerprint density at radius 3 is 2.15 bits per heavy atom. The molecule has 2 amide bonds. The number of rotatable bonds is 19. The summed E-state index contributed by atoms with van der Waals surface area (Å²) in [5.74, 6) is -1.80. The Hall–Kier alpha value is -3.75. The van der Waals surface area contributed by atoms with Gasteiger partial charge in [-0.3, -0.25) is 14.4 Å². The van der Waals surface area contributed by atoms with E-state index < -0.39 is 24.0 Å². The smallest absolute Gasteiger partial charge is 0.306 e. The number of allylic oxidation sites excluding steroid dienone is 2. The Morgan fingerprint density at radius 2 is 1.54 bits per heavy atom. The number of amides is 2. The molecule has 0 aromatic heterocycles. The molecule has 0 saturated carbocycles. The van der Waals surface area contributed by atoms with Crippen LogP contribution in [0.25, 0.3) is 0 Å². The van der Waals surface area contributed by atoms with Crippen molar-refractivity contribution in [3.63, 3.8) is 0 Å². The summed E-state index contributed by atoms with van der Waals surface area (Å²) < 4.78 is 11.1. The molecule has 8 heteroatoms. The first kappa shape index (κ1) is 31.5. The van der Waals surface area contributed by atoms with Crippen LogP contribution in [0, 0.1) is 5.92 Å². The van der Waals surface area contributed by atoms with E-state index >= 15 is 0 Å². The fourth-order valence-electron chi connectivity index (χ4n) is 3.88. The van der Waals surface area contributed by atoms with Gasteiger partial charge in [-0.1, -0.05) is 72.8 Å². The first-order chi connectivity index (χ1) is 18.9. The summed E-state index contributed by atoms with van der Waals surface area (Å²) in [6.07, 6.45) is 4.58. The zero-order valence-electron chi connectivity index (χ0n) is 22.4. The third-order valence-electron chi connectivity index (χ3n) is 5.94. The molecule has 210 valence electrons. The van der Waals surface area contributed by atoms with E-state index in [-0.39, 0.29) is 50.9 Å². The highest BCUT2D eigenvalue weighted by molar-refractivity contribution is 5.86. The van der Waals surface area contributed by atoms with Gasteiger partial charge in [0, 0.05) is 12.8 Å². The Kier molecular flexibility index (Phi) is 14.9. The maximum atomic E-state index is 13.2. The molecule has 0 radical (unpaired) electrons. The number of hydrogen-bond donors (Lipinski definition) is 3. The normalized spacial score (nSPS) is 12.9. The standard InChI is InChI=1S/C31H40N2O6/c1-3-5-17-30(36)39-23-28(22-38-21-25-15-10-7-11-16-25)33-31(37)26(12-4-2)19-29(35)32-27(20-34)18-24-13-8-6-9-14-24/h3-4,6-11,13-16,26-28,34H,1-2,5,12,17-23H2,(H,32,35)(H,33,37)/t26-,27+,28+/m1/s1. The lowest BCUT2D eigenvalue weighted by atomic mass is 9.98. The highest BCUT2D eigenvalue weighted by Gasteiger charge is 2.25. The summed E-state index contributed by atoms with van der Waals surface area (Å²) in [6.45, 7) is 7.48. The van der Waals surface area contributed by atoms with Crippen molar-refractivity contribution in [3.05, 3.63) is 97.1 Å². The van der Waals surface area contributed by atoms with Crippen molar-refractivity contribution in [2.24, 2.45) is 5.92 Å². The number of carbonyl (C=O) groups excluding carboxylic acids is 3. The Morgan fingerprint density at radius 1 is 0.872 bits per heavy atom. The van der Waals surface area contributed by atoms with Crippen LogP contribution in [0.1, 0.15) is 36.8 Å². The van der Waals surface area contributed by atoms with Crippen LogP contribution in [0.15, 0.2) is 86.0 Å². The highest BCUT2D eigenvalue weighted by atomic mass is 16.5. The van der Waals surface area contributed by atoms with E-state index in [9.17, 15) is 19.5 Å². The zero-order valence-corrected chi connectivity index (χ0v) is 22.4. The predicted molar refractivity (Wildman–Crippen MR) is 151 cm³/mol. The van der Waals surface area contributed by atoms with Crippen LogP contribution in [0.3, 0.4) is 0 Å². The number of benzene rings is 2. The SMILES string of the molecule is C=CCCC(=O)OC[C@H](COCc1ccccc1)NC(=O)[C@H](CC=C)CC(=O)N[C@H](CO)Cc1ccccc1. The molecule has 0 aliphatic heterocycles. The molecule has 0 bridgehead atoms. The summed E-state index contributed by atoms with van der Waals surface area (Å²) in [5.41, 5.74) is 1.96. The molecule has 0 aliphatic carbocycles. The lowest BCUT2D eigenvalue weighted by Gasteiger charge is -2.23. The van der Waals surface area contributed by atoms with Gasteiger partial charge in [-0.25, -0.2) is 0 Å². The van der Waals surface area contributed by atoms with Crippen LogP contribution in [0.4, 0.5) is 0 Å². The van der Waals surface area contributed by atoms with Crippen LogP contribution >= 0.6 is 0 Å². The molecule has 0 aliphatic rings. The summed E-state index contributed by atoms with van der Waals surface area (Å²) in [5, 5.41) is 15.4. The van der Waals surface area contributed by atoms with Gasteiger partial charge in [0.1, 0.15) is 6.61 Å². The molecule has 2 aromatic rings. The van der Waals surface area contributed by atoms with Gasteiger partial charge in [0.05, 0.1) is 37.8 Å². The number of hydrogen-bond acceptors (Lipinski definition) is 6. The van der Waals surface area contributed by atoms with Crippen molar-refractivity contribution in [1.29, 1.82) is 0 Å². The maximum Gasteiger partial charge on any atom is 0.306 e. The first-order valence-electron chi connectivity index (χ1n) is 13.2. The second-order valence-electron chi connectivity index (χ2n) is 9.28. The highest BCUT2D eigenvalue weighted by Crippen LogP contribution is 2.12. The van der Waals surface area contributed by atoms with Crippen molar-refractivity contribution in [2.75, 3.05) is 19.8 Å². The fraction of sp³-hybridized carbons (Fsp3) is 0.387. The molecular weight excluding hydrogens is 496 g/mol. The van der Waals surface area contributed by atoms with Crippen molar-refractivity contribution < 1.29 is 29.0 Å². The Bertz CT molecular complexity index is 1030. The van der Waals surface area contributed by atoms with Gasteiger partial charge in [0.25, 0.3) is 0 Å². The largest absolute Gasteiger partial charge is 0.463 e. The van der Waals surface area contributed by atoms with Crippen LogP contribution in [-0.4, -0.2) is 54.8 Å². The van der Waals surface area contributed by atoms with E-state index in [1.165, 1.54) is 0 Å². The minimum Gasteiger partial charge on any atom is -0.463 e. The van der Waals surface area contributed by atoms with Crippen molar-refractivity contribution in [1.82, 2.24) is 10.6 Å². The average Bonchev–Trinajstić information content (AvgIpc) is 2.95. The number of carbonyl (C=O) groups is 3. The van der Waals surface area contributed by atoms with E-state index in [1.807, 2.05) is 60.7 Å². The summed E-state index contributed by atoms with van der Waals surface area (Å²) in [6, 6.07) is 18.1. The maximum absolute atomic E-state index is 13.2. The molecular formula is C31H40N2O6. The molecule has 0 saturated heterocycles. The predicted octanol–water partition coefficient (Wildman–Crippen LogP) is 3.50. The van der Waals surface area contributed by atoms with Crippen molar-refractivity contribution >= 4 is 17.8 Å². The van der Waals surface area contributed by atoms with E-state index in [2.05, 4.69) is 23.8 Å². The zero-order chi connectivity index (χ0) is 28.3. The molecule has 8 nitrogen and oxygen atoms in total. The number of ether oxygens (including phenoxy) is 2. The third kappa shape index (κ3) is 13.0. The molecule has 2 rings (SSSR count). The topological polar surface area (TPSA) is 114 Å². The number of aliphatic hydroxyl groups is 1. The minimum absolute atomic E-state index is 0.0623. The summed E-state index contributed by atoms with van der Waals surface area (Å²) in [4.78, 5) is 38.0. The average molecular weight is 537 g/mol. The summed E-state index contributed by atoms with van der Waals surface area (Å²) >= 11 is 0. The van der Waals surface area contributed by atoms with Crippen LogP contribution < -0.4 is 10.6 Å².